The van der Waals surface area contributed by atoms with Crippen molar-refractivity contribution >= 4 is 17.0 Å². The minimum absolute atomic E-state index is 0.0273. The SMILES string of the molecule is Cc1ccc2c(c1)nc(CC(=O)O)n2CC(C)C. The highest BCUT2D eigenvalue weighted by atomic mass is 16.4. The maximum atomic E-state index is 10.9. The molecule has 4 heteroatoms. The van der Waals surface area contributed by atoms with Crippen molar-refractivity contribution in [3.63, 3.8) is 0 Å². The minimum atomic E-state index is -0.841. The molecule has 96 valence electrons. The molecule has 0 aliphatic heterocycles. The zero-order chi connectivity index (χ0) is 13.3. The Morgan fingerprint density at radius 2 is 2.17 bits per heavy atom. The third kappa shape index (κ3) is 2.53. The van der Waals surface area contributed by atoms with E-state index in [2.05, 4.69) is 18.8 Å². The Balaban J connectivity index is 2.56. The highest BCUT2D eigenvalue weighted by Gasteiger charge is 2.14. The monoisotopic (exact) mass is 246 g/mol. The van der Waals surface area contributed by atoms with Gasteiger partial charge in [0.2, 0.25) is 0 Å². The average Bonchev–Trinajstić information content (AvgIpc) is 2.54. The molecule has 4 nitrogen and oxygen atoms in total. The quantitative estimate of drug-likeness (QED) is 0.902. The lowest BCUT2D eigenvalue weighted by molar-refractivity contribution is -0.136. The average molecular weight is 246 g/mol. The van der Waals surface area contributed by atoms with E-state index in [1.165, 1.54) is 0 Å². The first-order chi connectivity index (χ1) is 8.47. The zero-order valence-corrected chi connectivity index (χ0v) is 11.0. The summed E-state index contributed by atoms with van der Waals surface area (Å²) in [5.41, 5.74) is 3.04. The van der Waals surface area contributed by atoms with E-state index in [4.69, 9.17) is 5.11 Å². The first-order valence-electron chi connectivity index (χ1n) is 6.15. The smallest absolute Gasteiger partial charge is 0.311 e. The second-order valence-electron chi connectivity index (χ2n) is 5.10. The van der Waals surface area contributed by atoms with Gasteiger partial charge in [0.1, 0.15) is 12.2 Å². The molecule has 1 aromatic carbocycles. The number of fused-ring (bicyclic) bond motifs is 1. The number of benzene rings is 1. The van der Waals surface area contributed by atoms with Gasteiger partial charge >= 0.3 is 5.97 Å². The highest BCUT2D eigenvalue weighted by molar-refractivity contribution is 5.78. The second-order valence-corrected chi connectivity index (χ2v) is 5.10. The van der Waals surface area contributed by atoms with Gasteiger partial charge in [0.05, 0.1) is 11.0 Å². The fourth-order valence-corrected chi connectivity index (χ4v) is 2.13. The summed E-state index contributed by atoms with van der Waals surface area (Å²) >= 11 is 0. The van der Waals surface area contributed by atoms with E-state index >= 15 is 0 Å². The van der Waals surface area contributed by atoms with Crippen LogP contribution in [0.4, 0.5) is 0 Å². The summed E-state index contributed by atoms with van der Waals surface area (Å²) in [7, 11) is 0. The van der Waals surface area contributed by atoms with E-state index in [9.17, 15) is 4.79 Å². The number of rotatable bonds is 4. The minimum Gasteiger partial charge on any atom is -0.481 e. The van der Waals surface area contributed by atoms with Gasteiger partial charge in [-0.25, -0.2) is 4.98 Å². The lowest BCUT2D eigenvalue weighted by Gasteiger charge is -2.10. The maximum Gasteiger partial charge on any atom is 0.311 e. The van der Waals surface area contributed by atoms with E-state index in [1.54, 1.807) is 0 Å². The number of hydrogen-bond acceptors (Lipinski definition) is 2. The number of hydrogen-bond donors (Lipinski definition) is 1. The predicted molar refractivity (Wildman–Crippen MR) is 70.6 cm³/mol. The number of imidazole rings is 1. The van der Waals surface area contributed by atoms with Gasteiger partial charge in [-0.05, 0) is 30.5 Å². The van der Waals surface area contributed by atoms with Gasteiger partial charge in [0.25, 0.3) is 0 Å². The fraction of sp³-hybridized carbons (Fsp3) is 0.429. The Morgan fingerprint density at radius 1 is 1.44 bits per heavy atom. The van der Waals surface area contributed by atoms with E-state index < -0.39 is 5.97 Å². The molecule has 0 bridgehead atoms. The summed E-state index contributed by atoms with van der Waals surface area (Å²) in [6.45, 7) is 7.04. The fourth-order valence-electron chi connectivity index (χ4n) is 2.13. The van der Waals surface area contributed by atoms with Crippen molar-refractivity contribution in [3.05, 3.63) is 29.6 Å². The van der Waals surface area contributed by atoms with Crippen molar-refractivity contribution in [2.45, 2.75) is 33.7 Å². The number of aryl methyl sites for hydroxylation is 1. The van der Waals surface area contributed by atoms with Crippen molar-refractivity contribution in [1.29, 1.82) is 0 Å². The molecule has 1 N–H and O–H groups in total. The molecule has 2 rings (SSSR count). The molecule has 0 amide bonds. The van der Waals surface area contributed by atoms with Crippen molar-refractivity contribution < 1.29 is 9.90 Å². The Bertz CT molecular complexity index is 585. The summed E-state index contributed by atoms with van der Waals surface area (Å²) in [5.74, 6) is 0.250. The topological polar surface area (TPSA) is 55.1 Å². The van der Waals surface area contributed by atoms with Gasteiger partial charge in [0.15, 0.2) is 0 Å². The summed E-state index contributed by atoms with van der Waals surface area (Å²) < 4.78 is 2.02. The van der Waals surface area contributed by atoms with Crippen molar-refractivity contribution in [3.8, 4) is 0 Å². The third-order valence-electron chi connectivity index (χ3n) is 2.84. The number of carboxylic acid groups (broad SMARTS) is 1. The molecule has 2 aromatic rings. The summed E-state index contributed by atoms with van der Waals surface area (Å²) in [6, 6.07) is 6.05. The number of aromatic nitrogens is 2. The molecule has 0 atom stereocenters. The molecule has 0 saturated heterocycles. The molecule has 1 heterocycles. The highest BCUT2D eigenvalue weighted by Crippen LogP contribution is 2.19. The molecular weight excluding hydrogens is 228 g/mol. The number of nitrogens with zero attached hydrogens (tertiary/aromatic N) is 2. The third-order valence-corrected chi connectivity index (χ3v) is 2.84. The first-order valence-corrected chi connectivity index (χ1v) is 6.15. The largest absolute Gasteiger partial charge is 0.481 e. The Hall–Kier alpha value is -1.84. The van der Waals surface area contributed by atoms with Crippen LogP contribution in [0.25, 0.3) is 11.0 Å². The Labute approximate surface area is 106 Å². The van der Waals surface area contributed by atoms with Gasteiger partial charge in [0, 0.05) is 6.54 Å². The summed E-state index contributed by atoms with van der Waals surface area (Å²) in [5, 5.41) is 8.95. The summed E-state index contributed by atoms with van der Waals surface area (Å²) in [6.07, 6.45) is -0.0273. The van der Waals surface area contributed by atoms with E-state index in [0.29, 0.717) is 11.7 Å². The van der Waals surface area contributed by atoms with Crippen LogP contribution in [-0.2, 0) is 17.8 Å². The molecule has 0 radical (unpaired) electrons. The van der Waals surface area contributed by atoms with Crippen LogP contribution in [-0.4, -0.2) is 20.6 Å². The lowest BCUT2D eigenvalue weighted by Crippen LogP contribution is -2.12. The molecule has 18 heavy (non-hydrogen) atoms. The zero-order valence-electron chi connectivity index (χ0n) is 11.0. The lowest BCUT2D eigenvalue weighted by atomic mass is 10.2. The van der Waals surface area contributed by atoms with Crippen LogP contribution >= 0.6 is 0 Å². The normalized spacial score (nSPS) is 11.3. The van der Waals surface area contributed by atoms with Crippen LogP contribution < -0.4 is 0 Å². The number of carbonyl (C=O) groups is 1. The molecule has 0 fully saturated rings. The molecule has 1 aromatic heterocycles. The van der Waals surface area contributed by atoms with E-state index in [-0.39, 0.29) is 6.42 Å². The van der Waals surface area contributed by atoms with Crippen molar-refractivity contribution in [1.82, 2.24) is 9.55 Å². The molecule has 0 aliphatic rings. The molecular formula is C14H18N2O2. The van der Waals surface area contributed by atoms with Crippen LogP contribution in [0.5, 0.6) is 0 Å². The van der Waals surface area contributed by atoms with Gasteiger partial charge in [-0.2, -0.15) is 0 Å². The molecule has 0 aliphatic carbocycles. The Morgan fingerprint density at radius 3 is 2.78 bits per heavy atom. The van der Waals surface area contributed by atoms with E-state index in [1.807, 2.05) is 29.7 Å². The molecule has 0 spiro atoms. The van der Waals surface area contributed by atoms with Crippen LogP contribution in [0.1, 0.15) is 25.2 Å². The van der Waals surface area contributed by atoms with Gasteiger partial charge in [-0.15, -0.1) is 0 Å². The van der Waals surface area contributed by atoms with Crippen LogP contribution in [0.15, 0.2) is 18.2 Å². The number of aliphatic carboxylic acids is 1. The van der Waals surface area contributed by atoms with Crippen LogP contribution in [0.2, 0.25) is 0 Å². The van der Waals surface area contributed by atoms with Gasteiger partial charge in [-0.3, -0.25) is 4.79 Å². The second kappa shape index (κ2) is 4.80. The molecule has 0 saturated carbocycles. The predicted octanol–water partition coefficient (Wildman–Crippen LogP) is 2.63. The van der Waals surface area contributed by atoms with Gasteiger partial charge in [-0.1, -0.05) is 19.9 Å². The van der Waals surface area contributed by atoms with Gasteiger partial charge < -0.3 is 9.67 Å². The van der Waals surface area contributed by atoms with Crippen molar-refractivity contribution in [2.24, 2.45) is 5.92 Å². The number of carboxylic acids is 1. The van der Waals surface area contributed by atoms with Crippen LogP contribution in [0, 0.1) is 12.8 Å². The standard InChI is InChI=1S/C14H18N2O2/c1-9(2)8-16-12-5-4-10(3)6-11(12)15-13(16)7-14(17)18/h4-6,9H,7-8H2,1-3H3,(H,17,18). The maximum absolute atomic E-state index is 10.9. The summed E-state index contributed by atoms with van der Waals surface area (Å²) in [4.78, 5) is 15.3. The van der Waals surface area contributed by atoms with Crippen LogP contribution in [0.3, 0.4) is 0 Å². The Kier molecular flexibility index (Phi) is 3.36. The first kappa shape index (κ1) is 12.6. The molecule has 0 unspecified atom stereocenters. The van der Waals surface area contributed by atoms with E-state index in [0.717, 1.165) is 23.1 Å². The van der Waals surface area contributed by atoms with Crippen molar-refractivity contribution in [2.75, 3.05) is 0 Å².